The van der Waals surface area contributed by atoms with Gasteiger partial charge < -0.3 is 17.7 Å². The quantitative estimate of drug-likeness (QED) is 0.690. The fraction of sp³-hybridized carbons (Fsp3) is 0.455. The number of hydrogen-bond acceptors (Lipinski definition) is 1. The van der Waals surface area contributed by atoms with Gasteiger partial charge in [0.15, 0.2) is 0 Å². The van der Waals surface area contributed by atoms with Gasteiger partial charge in [0.1, 0.15) is 5.75 Å². The van der Waals surface area contributed by atoms with Crippen LogP contribution in [0.1, 0.15) is 18.4 Å². The Morgan fingerprint density at radius 1 is 1.29 bits per heavy atom. The molecule has 1 aliphatic rings. The standard InChI is InChI=1S/C11H13BF3O.K/c1-8-6-10(12(13,14)15)4-5-11(8)16-7-9-2-3-9;/h4-6,9H,2-3,7H2,1H3;/q-1;+1. The van der Waals surface area contributed by atoms with Crippen molar-refractivity contribution in [2.24, 2.45) is 5.92 Å². The molecule has 17 heavy (non-hydrogen) atoms. The maximum atomic E-state index is 12.4. The van der Waals surface area contributed by atoms with Crippen LogP contribution in [0.3, 0.4) is 0 Å². The molecule has 0 aromatic heterocycles. The van der Waals surface area contributed by atoms with E-state index >= 15 is 0 Å². The summed E-state index contributed by atoms with van der Waals surface area (Å²) in [4.78, 5) is 0. The van der Waals surface area contributed by atoms with Gasteiger partial charge in [0.05, 0.1) is 6.61 Å². The van der Waals surface area contributed by atoms with Crippen LogP contribution < -0.4 is 61.6 Å². The minimum Gasteiger partial charge on any atom is -0.493 e. The molecule has 0 radical (unpaired) electrons. The van der Waals surface area contributed by atoms with Crippen molar-refractivity contribution in [2.45, 2.75) is 19.8 Å². The number of benzene rings is 1. The van der Waals surface area contributed by atoms with E-state index < -0.39 is 12.4 Å². The Bertz CT molecular complexity index is 391. The Morgan fingerprint density at radius 3 is 2.41 bits per heavy atom. The van der Waals surface area contributed by atoms with E-state index in [2.05, 4.69) is 0 Å². The molecule has 1 saturated carbocycles. The minimum absolute atomic E-state index is 0. The van der Waals surface area contributed by atoms with Crippen molar-refractivity contribution < 1.29 is 69.1 Å². The van der Waals surface area contributed by atoms with E-state index in [1.54, 1.807) is 6.92 Å². The maximum absolute atomic E-state index is 12.4. The predicted octanol–water partition coefficient (Wildman–Crippen LogP) is -0.158. The van der Waals surface area contributed by atoms with E-state index in [9.17, 15) is 12.9 Å². The molecule has 1 aromatic rings. The molecule has 1 fully saturated rings. The molecular weight excluding hydrogens is 255 g/mol. The summed E-state index contributed by atoms with van der Waals surface area (Å²) >= 11 is 0. The normalized spacial score (nSPS) is 15.3. The summed E-state index contributed by atoms with van der Waals surface area (Å²) in [5, 5.41) is 0. The molecule has 0 atom stereocenters. The van der Waals surface area contributed by atoms with E-state index in [0.717, 1.165) is 12.1 Å². The number of halogens is 3. The molecule has 1 aliphatic carbocycles. The molecule has 0 N–H and O–H groups in total. The van der Waals surface area contributed by atoms with Gasteiger partial charge in [0.2, 0.25) is 0 Å². The first-order valence-electron chi connectivity index (χ1n) is 5.40. The summed E-state index contributed by atoms with van der Waals surface area (Å²) in [6, 6.07) is 3.67. The Balaban J connectivity index is 0.00000144. The third-order valence-corrected chi connectivity index (χ3v) is 2.75. The van der Waals surface area contributed by atoms with Crippen molar-refractivity contribution in [3.05, 3.63) is 23.8 Å². The number of aryl methyl sites for hydroxylation is 1. The second-order valence-corrected chi connectivity index (χ2v) is 4.35. The van der Waals surface area contributed by atoms with Crippen LogP contribution in [0.4, 0.5) is 12.9 Å². The molecule has 6 heteroatoms. The summed E-state index contributed by atoms with van der Waals surface area (Å²) in [7, 11) is 0. The van der Waals surface area contributed by atoms with Gasteiger partial charge in [-0.15, -0.1) is 5.46 Å². The number of rotatable bonds is 4. The SMILES string of the molecule is Cc1cc([B-](F)(F)F)ccc1OCC1CC1.[K+]. The molecule has 0 saturated heterocycles. The first-order valence-corrected chi connectivity index (χ1v) is 5.40. The Labute approximate surface area is 142 Å². The number of hydrogen-bond donors (Lipinski definition) is 0. The smallest absolute Gasteiger partial charge is 0.493 e. The van der Waals surface area contributed by atoms with Gasteiger partial charge in [-0.2, -0.15) is 0 Å². The fourth-order valence-electron chi connectivity index (χ4n) is 1.53. The van der Waals surface area contributed by atoms with Gasteiger partial charge in [-0.1, -0.05) is 12.1 Å². The molecule has 0 amide bonds. The van der Waals surface area contributed by atoms with E-state index in [1.165, 1.54) is 18.9 Å². The third-order valence-electron chi connectivity index (χ3n) is 2.75. The van der Waals surface area contributed by atoms with Crippen molar-refractivity contribution in [3.63, 3.8) is 0 Å². The van der Waals surface area contributed by atoms with Crippen LogP contribution in [0.25, 0.3) is 0 Å². The average molecular weight is 268 g/mol. The first kappa shape index (κ1) is 15.6. The topological polar surface area (TPSA) is 9.23 Å². The van der Waals surface area contributed by atoms with Gasteiger partial charge in [-0.3, -0.25) is 0 Å². The van der Waals surface area contributed by atoms with Gasteiger partial charge >= 0.3 is 58.4 Å². The van der Waals surface area contributed by atoms with E-state index in [0.29, 0.717) is 23.8 Å². The summed E-state index contributed by atoms with van der Waals surface area (Å²) in [6.45, 7) is -2.64. The van der Waals surface area contributed by atoms with E-state index in [4.69, 9.17) is 4.74 Å². The summed E-state index contributed by atoms with van der Waals surface area (Å²) < 4.78 is 42.8. The molecule has 0 spiro atoms. The van der Waals surface area contributed by atoms with Crippen molar-refractivity contribution in [2.75, 3.05) is 6.61 Å². The van der Waals surface area contributed by atoms with Crippen molar-refractivity contribution in [1.29, 1.82) is 0 Å². The zero-order valence-corrected chi connectivity index (χ0v) is 13.2. The second kappa shape index (κ2) is 6.10. The van der Waals surface area contributed by atoms with Crippen molar-refractivity contribution in [1.82, 2.24) is 0 Å². The van der Waals surface area contributed by atoms with Gasteiger partial charge in [0.25, 0.3) is 0 Å². The van der Waals surface area contributed by atoms with Crippen LogP contribution in [0, 0.1) is 12.8 Å². The predicted molar refractivity (Wildman–Crippen MR) is 58.1 cm³/mol. The second-order valence-electron chi connectivity index (χ2n) is 4.35. The summed E-state index contributed by atoms with van der Waals surface area (Å²) in [5.41, 5.74) is -0.00591. The van der Waals surface area contributed by atoms with E-state index in [-0.39, 0.29) is 51.4 Å². The Kier molecular flexibility index (Phi) is 5.59. The summed E-state index contributed by atoms with van der Waals surface area (Å²) in [6.07, 6.45) is 2.34. The van der Waals surface area contributed by atoms with E-state index in [1.807, 2.05) is 0 Å². The van der Waals surface area contributed by atoms with Crippen LogP contribution in [-0.4, -0.2) is 13.6 Å². The molecule has 1 aromatic carbocycles. The van der Waals surface area contributed by atoms with Gasteiger partial charge in [0, 0.05) is 0 Å². The first-order chi connectivity index (χ1) is 7.47. The minimum atomic E-state index is -4.91. The Morgan fingerprint density at radius 2 is 1.94 bits per heavy atom. The monoisotopic (exact) mass is 268 g/mol. The molecule has 0 heterocycles. The molecule has 1 nitrogen and oxygen atoms in total. The Hall–Kier alpha value is 0.511. The van der Waals surface area contributed by atoms with Crippen LogP contribution in [0.5, 0.6) is 5.75 Å². The maximum Gasteiger partial charge on any atom is 1.00 e. The fourth-order valence-corrected chi connectivity index (χ4v) is 1.53. The molecule has 88 valence electrons. The third kappa shape index (κ3) is 4.59. The van der Waals surface area contributed by atoms with Crippen molar-refractivity contribution in [3.8, 4) is 5.75 Å². The van der Waals surface area contributed by atoms with Crippen LogP contribution in [0.2, 0.25) is 0 Å². The molecule has 0 unspecified atom stereocenters. The van der Waals surface area contributed by atoms with Crippen LogP contribution in [0.15, 0.2) is 18.2 Å². The van der Waals surface area contributed by atoms with Crippen LogP contribution >= 0.6 is 0 Å². The van der Waals surface area contributed by atoms with Crippen molar-refractivity contribution >= 4 is 12.4 Å². The molecule has 0 bridgehead atoms. The zero-order chi connectivity index (χ0) is 11.8. The summed E-state index contributed by atoms with van der Waals surface area (Å²) in [5.74, 6) is 1.17. The van der Waals surface area contributed by atoms with Crippen LogP contribution in [-0.2, 0) is 0 Å². The largest absolute Gasteiger partial charge is 1.00 e. The average Bonchev–Trinajstić information content (AvgIpc) is 2.98. The number of ether oxygens (including phenoxy) is 1. The molecule has 0 aliphatic heterocycles. The molecule has 2 rings (SSSR count). The van der Waals surface area contributed by atoms with Gasteiger partial charge in [-0.25, -0.2) is 0 Å². The van der Waals surface area contributed by atoms with Gasteiger partial charge in [-0.05, 0) is 37.3 Å². The molecular formula is C11H13BF3KO. The zero-order valence-electron chi connectivity index (χ0n) is 10.1.